The molecular weight excluding hydrogens is 340 g/mol. The zero-order valence-electron chi connectivity index (χ0n) is 16.6. The quantitative estimate of drug-likeness (QED) is 0.721. The van der Waals surface area contributed by atoms with E-state index in [1.54, 1.807) is 29.9 Å². The molecule has 1 aromatic carbocycles. The van der Waals surface area contributed by atoms with Crippen molar-refractivity contribution in [3.63, 3.8) is 0 Å². The molecule has 0 radical (unpaired) electrons. The van der Waals surface area contributed by atoms with Crippen molar-refractivity contribution in [3.8, 4) is 0 Å². The van der Waals surface area contributed by atoms with Crippen molar-refractivity contribution in [2.75, 3.05) is 0 Å². The number of nitrogens with zero attached hydrogens (tertiary/aromatic N) is 3. The third kappa shape index (κ3) is 4.70. The van der Waals surface area contributed by atoms with Crippen molar-refractivity contribution in [3.05, 3.63) is 59.9 Å². The lowest BCUT2D eigenvalue weighted by Gasteiger charge is -2.33. The fraction of sp³-hybridized carbons (Fsp3) is 0.429. The maximum Gasteiger partial charge on any atom is 0.252 e. The van der Waals surface area contributed by atoms with E-state index < -0.39 is 11.6 Å². The highest BCUT2D eigenvalue weighted by atomic mass is 16.2. The van der Waals surface area contributed by atoms with Crippen molar-refractivity contribution in [2.45, 2.75) is 52.6 Å². The molecule has 0 saturated heterocycles. The van der Waals surface area contributed by atoms with Gasteiger partial charge in [0.25, 0.3) is 5.91 Å². The molecule has 144 valence electrons. The van der Waals surface area contributed by atoms with Crippen molar-refractivity contribution in [1.29, 1.82) is 0 Å². The molecule has 6 nitrogen and oxygen atoms in total. The first-order valence-electron chi connectivity index (χ1n) is 9.21. The number of hydrogen-bond acceptors (Lipinski definition) is 4. The second-order valence-electron chi connectivity index (χ2n) is 7.19. The Morgan fingerprint density at radius 2 is 1.93 bits per heavy atom. The summed E-state index contributed by atoms with van der Waals surface area (Å²) in [5, 5.41) is 11.6. The fourth-order valence-corrected chi connectivity index (χ4v) is 2.79. The third-order valence-corrected chi connectivity index (χ3v) is 4.99. The molecule has 27 heavy (non-hydrogen) atoms. The van der Waals surface area contributed by atoms with Crippen LogP contribution >= 0.6 is 0 Å². The maximum atomic E-state index is 12.7. The van der Waals surface area contributed by atoms with E-state index in [0.29, 0.717) is 17.7 Å². The number of amides is 1. The Morgan fingerprint density at radius 3 is 2.48 bits per heavy atom. The van der Waals surface area contributed by atoms with E-state index in [0.717, 1.165) is 0 Å². The van der Waals surface area contributed by atoms with Crippen LogP contribution in [-0.2, 0) is 10.3 Å². The first-order valence-corrected chi connectivity index (χ1v) is 9.21. The lowest BCUT2D eigenvalue weighted by molar-refractivity contribution is -0.120. The molecule has 1 amide bonds. The number of allylic oxidation sites excluding steroid dienone is 2. The number of Topliss-reactive ketones (excluding diaryl/α,β-unsaturated/α-hetero) is 1. The van der Waals surface area contributed by atoms with Gasteiger partial charge in [0.05, 0.1) is 11.7 Å². The van der Waals surface area contributed by atoms with Crippen LogP contribution in [0.1, 0.15) is 63.1 Å². The van der Waals surface area contributed by atoms with Gasteiger partial charge in [0.1, 0.15) is 11.7 Å². The van der Waals surface area contributed by atoms with Crippen LogP contribution in [0.2, 0.25) is 0 Å². The second-order valence-corrected chi connectivity index (χ2v) is 7.19. The second kappa shape index (κ2) is 8.75. The van der Waals surface area contributed by atoms with Crippen LogP contribution in [0.5, 0.6) is 0 Å². The van der Waals surface area contributed by atoms with Crippen LogP contribution in [0.4, 0.5) is 0 Å². The standard InChI is InChI=1S/C21H28N4O2/c1-6-7-13-18(16(4)26)25-14-19(23-24-25)21(5,15(2)3)22-20(27)17-11-9-8-10-12-17/h6-12,14-15,18H,13H2,1-5H3,(H,22,27)/b7-6+. The van der Waals surface area contributed by atoms with E-state index in [1.807, 2.05) is 58.0 Å². The summed E-state index contributed by atoms with van der Waals surface area (Å²) in [5.41, 5.74) is 0.507. The molecule has 1 aromatic heterocycles. The Kier molecular flexibility index (Phi) is 6.66. The first-order chi connectivity index (χ1) is 12.8. The van der Waals surface area contributed by atoms with Crippen LogP contribution in [-0.4, -0.2) is 26.7 Å². The molecule has 0 aliphatic heterocycles. The van der Waals surface area contributed by atoms with Gasteiger partial charge >= 0.3 is 0 Å². The molecule has 1 N–H and O–H groups in total. The lowest BCUT2D eigenvalue weighted by atomic mass is 9.85. The maximum absolute atomic E-state index is 12.7. The predicted molar refractivity (Wildman–Crippen MR) is 105 cm³/mol. The molecule has 0 spiro atoms. The molecule has 0 aliphatic carbocycles. The Labute approximate surface area is 160 Å². The van der Waals surface area contributed by atoms with Crippen molar-refractivity contribution < 1.29 is 9.59 Å². The van der Waals surface area contributed by atoms with Gasteiger partial charge in [-0.25, -0.2) is 4.68 Å². The summed E-state index contributed by atoms with van der Waals surface area (Å²) in [7, 11) is 0. The van der Waals surface area contributed by atoms with Crippen LogP contribution in [0.3, 0.4) is 0 Å². The molecule has 1 heterocycles. The van der Waals surface area contributed by atoms with Gasteiger partial charge in [0.15, 0.2) is 5.78 Å². The first kappa shape index (κ1) is 20.6. The average molecular weight is 368 g/mol. The average Bonchev–Trinajstić information content (AvgIpc) is 3.12. The molecule has 2 aromatic rings. The normalized spacial score (nSPS) is 14.9. The molecular formula is C21H28N4O2. The molecule has 2 atom stereocenters. The zero-order valence-corrected chi connectivity index (χ0v) is 16.6. The van der Waals surface area contributed by atoms with Gasteiger partial charge in [-0.3, -0.25) is 9.59 Å². The van der Waals surface area contributed by atoms with Crippen LogP contribution < -0.4 is 5.32 Å². The minimum atomic E-state index is -0.715. The van der Waals surface area contributed by atoms with Gasteiger partial charge < -0.3 is 5.32 Å². The van der Waals surface area contributed by atoms with Crippen LogP contribution in [0, 0.1) is 5.92 Å². The van der Waals surface area contributed by atoms with E-state index in [2.05, 4.69) is 15.6 Å². The van der Waals surface area contributed by atoms with Crippen molar-refractivity contribution >= 4 is 11.7 Å². The van der Waals surface area contributed by atoms with Crippen molar-refractivity contribution in [2.24, 2.45) is 5.92 Å². The molecule has 0 fully saturated rings. The Balaban J connectivity index is 2.32. The van der Waals surface area contributed by atoms with E-state index in [-0.39, 0.29) is 17.6 Å². The van der Waals surface area contributed by atoms with Crippen molar-refractivity contribution in [1.82, 2.24) is 20.3 Å². The van der Waals surface area contributed by atoms with E-state index in [1.165, 1.54) is 0 Å². The number of nitrogens with one attached hydrogen (secondary N) is 1. The number of carbonyl (C=O) groups excluding carboxylic acids is 2. The molecule has 2 rings (SSSR count). The monoisotopic (exact) mass is 368 g/mol. The third-order valence-electron chi connectivity index (χ3n) is 4.99. The Bertz CT molecular complexity index is 811. The molecule has 2 unspecified atom stereocenters. The zero-order chi connectivity index (χ0) is 20.0. The highest BCUT2D eigenvalue weighted by molar-refractivity contribution is 5.94. The summed E-state index contributed by atoms with van der Waals surface area (Å²) in [4.78, 5) is 24.7. The topological polar surface area (TPSA) is 76.9 Å². The number of rotatable bonds is 8. The Morgan fingerprint density at radius 1 is 1.26 bits per heavy atom. The Hall–Kier alpha value is -2.76. The lowest BCUT2D eigenvalue weighted by Crippen LogP contribution is -2.47. The van der Waals surface area contributed by atoms with Crippen LogP contribution in [0.25, 0.3) is 0 Å². The minimum Gasteiger partial charge on any atom is -0.341 e. The number of aromatic nitrogens is 3. The highest BCUT2D eigenvalue weighted by Crippen LogP contribution is 2.29. The van der Waals surface area contributed by atoms with Gasteiger partial charge in [-0.15, -0.1) is 5.10 Å². The summed E-state index contributed by atoms with van der Waals surface area (Å²) >= 11 is 0. The summed E-state index contributed by atoms with van der Waals surface area (Å²) in [6, 6.07) is 8.68. The van der Waals surface area contributed by atoms with Gasteiger partial charge in [0.2, 0.25) is 0 Å². The number of ketones is 1. The SMILES string of the molecule is C/C=C/CC(C(C)=O)n1cc(C(C)(NC(=O)c2ccccc2)C(C)C)nn1. The van der Waals surface area contributed by atoms with E-state index in [4.69, 9.17) is 0 Å². The van der Waals surface area contributed by atoms with Crippen LogP contribution in [0.15, 0.2) is 48.7 Å². The summed E-state index contributed by atoms with van der Waals surface area (Å²) < 4.78 is 1.59. The summed E-state index contributed by atoms with van der Waals surface area (Å²) in [6.45, 7) is 9.44. The summed E-state index contributed by atoms with van der Waals surface area (Å²) in [6.07, 6.45) is 6.17. The molecule has 0 aliphatic rings. The molecule has 0 saturated carbocycles. The minimum absolute atomic E-state index is 0.0177. The van der Waals surface area contributed by atoms with Gasteiger partial charge in [0, 0.05) is 5.56 Å². The fourth-order valence-electron chi connectivity index (χ4n) is 2.79. The highest BCUT2D eigenvalue weighted by Gasteiger charge is 2.36. The van der Waals surface area contributed by atoms with Gasteiger partial charge in [-0.2, -0.15) is 0 Å². The van der Waals surface area contributed by atoms with Gasteiger partial charge in [-0.1, -0.05) is 49.4 Å². The van der Waals surface area contributed by atoms with E-state index >= 15 is 0 Å². The largest absolute Gasteiger partial charge is 0.341 e. The number of benzene rings is 1. The van der Waals surface area contributed by atoms with Gasteiger partial charge in [-0.05, 0) is 45.2 Å². The number of hydrogen-bond donors (Lipinski definition) is 1. The molecule has 0 bridgehead atoms. The van der Waals surface area contributed by atoms with E-state index in [9.17, 15) is 9.59 Å². The predicted octanol–water partition coefficient (Wildman–Crippen LogP) is 3.68. The summed E-state index contributed by atoms with van der Waals surface area (Å²) in [5.74, 6) is -0.0795. The number of carbonyl (C=O) groups is 2. The molecule has 6 heteroatoms. The smallest absolute Gasteiger partial charge is 0.252 e.